The number of hydrogen-bond acceptors (Lipinski definition) is 3. The molecule has 1 aromatic heterocycles. The third-order valence-electron chi connectivity index (χ3n) is 2.93. The molecule has 0 saturated carbocycles. The van der Waals surface area contributed by atoms with Gasteiger partial charge in [-0.15, -0.1) is 0 Å². The summed E-state index contributed by atoms with van der Waals surface area (Å²) in [5, 5.41) is 0. The zero-order chi connectivity index (χ0) is 11.8. The molecule has 17 heavy (non-hydrogen) atoms. The van der Waals surface area contributed by atoms with Gasteiger partial charge in [-0.2, -0.15) is 0 Å². The first-order valence-corrected chi connectivity index (χ1v) is 5.57. The summed E-state index contributed by atoms with van der Waals surface area (Å²) in [6.45, 7) is 4.40. The molecule has 0 amide bonds. The Morgan fingerprint density at radius 3 is 2.71 bits per heavy atom. The van der Waals surface area contributed by atoms with E-state index in [1.807, 2.05) is 31.3 Å². The molecule has 0 fully saturated rings. The maximum Gasteiger partial charge on any atom is 0.231 e. The summed E-state index contributed by atoms with van der Waals surface area (Å²) < 4.78 is 10.7. The van der Waals surface area contributed by atoms with Crippen molar-refractivity contribution in [1.82, 2.24) is 4.98 Å². The summed E-state index contributed by atoms with van der Waals surface area (Å²) in [7, 11) is 0. The van der Waals surface area contributed by atoms with Crippen molar-refractivity contribution in [3.8, 4) is 22.6 Å². The Balaban J connectivity index is 2.09. The lowest BCUT2D eigenvalue weighted by atomic mass is 10.0. The fourth-order valence-corrected chi connectivity index (χ4v) is 2.06. The normalized spacial score (nSPS) is 12.8. The Morgan fingerprint density at radius 1 is 1.06 bits per heavy atom. The number of aryl methyl sites for hydroxylation is 2. The topological polar surface area (TPSA) is 31.4 Å². The Bertz CT molecular complexity index is 578. The van der Waals surface area contributed by atoms with Gasteiger partial charge in [0.25, 0.3) is 0 Å². The number of pyridine rings is 1. The standard InChI is InChI=1S/C14H13NO2/c1-9-5-10(2)15-7-12(9)11-3-4-13-14(6-11)17-8-16-13/h3-7H,8H2,1-2H3. The van der Waals surface area contributed by atoms with E-state index in [4.69, 9.17) is 9.47 Å². The second-order valence-corrected chi connectivity index (χ2v) is 4.21. The molecule has 0 saturated heterocycles. The first-order valence-electron chi connectivity index (χ1n) is 5.57. The van der Waals surface area contributed by atoms with Crippen LogP contribution in [-0.2, 0) is 0 Å². The minimum Gasteiger partial charge on any atom is -0.454 e. The van der Waals surface area contributed by atoms with Crippen molar-refractivity contribution in [2.75, 3.05) is 6.79 Å². The molecular formula is C14H13NO2. The predicted molar refractivity (Wildman–Crippen MR) is 65.3 cm³/mol. The van der Waals surface area contributed by atoms with Gasteiger partial charge in [0.2, 0.25) is 6.79 Å². The van der Waals surface area contributed by atoms with Crippen LogP contribution in [0.2, 0.25) is 0 Å². The van der Waals surface area contributed by atoms with Crippen LogP contribution in [0, 0.1) is 13.8 Å². The highest BCUT2D eigenvalue weighted by molar-refractivity contribution is 5.69. The van der Waals surface area contributed by atoms with Crippen LogP contribution in [0.25, 0.3) is 11.1 Å². The highest BCUT2D eigenvalue weighted by Crippen LogP contribution is 2.36. The molecule has 0 atom stereocenters. The summed E-state index contributed by atoms with van der Waals surface area (Å²) in [6, 6.07) is 8.06. The number of fused-ring (bicyclic) bond motifs is 1. The smallest absolute Gasteiger partial charge is 0.231 e. The minimum absolute atomic E-state index is 0.309. The van der Waals surface area contributed by atoms with Gasteiger partial charge >= 0.3 is 0 Å². The molecule has 2 aromatic rings. The van der Waals surface area contributed by atoms with E-state index in [0.717, 1.165) is 28.3 Å². The molecule has 0 unspecified atom stereocenters. The van der Waals surface area contributed by atoms with E-state index in [2.05, 4.69) is 18.0 Å². The average molecular weight is 227 g/mol. The van der Waals surface area contributed by atoms with Crippen LogP contribution in [0.1, 0.15) is 11.3 Å². The van der Waals surface area contributed by atoms with E-state index in [-0.39, 0.29) is 0 Å². The molecule has 3 nitrogen and oxygen atoms in total. The lowest BCUT2D eigenvalue weighted by Gasteiger charge is -2.07. The molecule has 1 aliphatic rings. The average Bonchev–Trinajstić information content (AvgIpc) is 2.75. The van der Waals surface area contributed by atoms with Gasteiger partial charge in [0.05, 0.1) is 0 Å². The van der Waals surface area contributed by atoms with Crippen LogP contribution in [-0.4, -0.2) is 11.8 Å². The molecular weight excluding hydrogens is 214 g/mol. The molecule has 0 spiro atoms. The summed E-state index contributed by atoms with van der Waals surface area (Å²) in [6.07, 6.45) is 1.90. The minimum atomic E-state index is 0.309. The van der Waals surface area contributed by atoms with Gasteiger partial charge < -0.3 is 9.47 Å². The maximum absolute atomic E-state index is 5.38. The predicted octanol–water partition coefficient (Wildman–Crippen LogP) is 3.09. The van der Waals surface area contributed by atoms with Crippen molar-refractivity contribution in [2.24, 2.45) is 0 Å². The second-order valence-electron chi connectivity index (χ2n) is 4.21. The monoisotopic (exact) mass is 227 g/mol. The summed E-state index contributed by atoms with van der Waals surface area (Å²) in [4.78, 5) is 4.34. The van der Waals surface area contributed by atoms with Crippen LogP contribution < -0.4 is 9.47 Å². The summed E-state index contributed by atoms with van der Waals surface area (Å²) in [5.41, 5.74) is 4.50. The Labute approximate surface area is 100 Å². The third-order valence-corrected chi connectivity index (χ3v) is 2.93. The molecule has 1 aromatic carbocycles. The van der Waals surface area contributed by atoms with Gasteiger partial charge in [-0.25, -0.2) is 0 Å². The van der Waals surface area contributed by atoms with Crippen LogP contribution >= 0.6 is 0 Å². The molecule has 3 rings (SSSR count). The van der Waals surface area contributed by atoms with Crippen molar-refractivity contribution in [1.29, 1.82) is 0 Å². The quantitative estimate of drug-likeness (QED) is 0.750. The molecule has 3 heteroatoms. The maximum atomic E-state index is 5.38. The van der Waals surface area contributed by atoms with Gasteiger partial charge in [-0.1, -0.05) is 6.07 Å². The number of ether oxygens (including phenoxy) is 2. The van der Waals surface area contributed by atoms with Gasteiger partial charge in [0.1, 0.15) is 0 Å². The Kier molecular flexibility index (Phi) is 2.25. The van der Waals surface area contributed by atoms with E-state index in [1.165, 1.54) is 5.56 Å². The van der Waals surface area contributed by atoms with E-state index in [0.29, 0.717) is 6.79 Å². The van der Waals surface area contributed by atoms with Crippen LogP contribution in [0.3, 0.4) is 0 Å². The van der Waals surface area contributed by atoms with Gasteiger partial charge in [0, 0.05) is 17.5 Å². The molecule has 0 N–H and O–H groups in total. The summed E-state index contributed by atoms with van der Waals surface area (Å²) in [5.74, 6) is 1.62. The molecule has 1 aliphatic heterocycles. The molecule has 0 aliphatic carbocycles. The molecule has 0 bridgehead atoms. The fourth-order valence-electron chi connectivity index (χ4n) is 2.06. The number of nitrogens with zero attached hydrogens (tertiary/aromatic N) is 1. The number of hydrogen-bond donors (Lipinski definition) is 0. The fraction of sp³-hybridized carbons (Fsp3) is 0.214. The number of rotatable bonds is 1. The number of benzene rings is 1. The van der Waals surface area contributed by atoms with E-state index < -0.39 is 0 Å². The first-order chi connectivity index (χ1) is 8.24. The van der Waals surface area contributed by atoms with Crippen molar-refractivity contribution in [3.05, 3.63) is 41.7 Å². The Hall–Kier alpha value is -2.03. The van der Waals surface area contributed by atoms with Gasteiger partial charge in [-0.05, 0) is 43.2 Å². The number of aromatic nitrogens is 1. The highest BCUT2D eigenvalue weighted by atomic mass is 16.7. The second kappa shape index (κ2) is 3.77. The van der Waals surface area contributed by atoms with Crippen molar-refractivity contribution in [2.45, 2.75) is 13.8 Å². The SMILES string of the molecule is Cc1cc(C)c(-c2ccc3c(c2)OCO3)cn1. The van der Waals surface area contributed by atoms with Gasteiger partial charge in [-0.3, -0.25) is 4.98 Å². The van der Waals surface area contributed by atoms with Crippen LogP contribution in [0.15, 0.2) is 30.5 Å². The van der Waals surface area contributed by atoms with Gasteiger partial charge in [0.15, 0.2) is 11.5 Å². The van der Waals surface area contributed by atoms with E-state index >= 15 is 0 Å². The van der Waals surface area contributed by atoms with Crippen molar-refractivity contribution in [3.63, 3.8) is 0 Å². The van der Waals surface area contributed by atoms with E-state index in [9.17, 15) is 0 Å². The van der Waals surface area contributed by atoms with Crippen LogP contribution in [0.4, 0.5) is 0 Å². The van der Waals surface area contributed by atoms with Crippen molar-refractivity contribution >= 4 is 0 Å². The zero-order valence-electron chi connectivity index (χ0n) is 9.86. The Morgan fingerprint density at radius 2 is 1.88 bits per heavy atom. The molecule has 0 radical (unpaired) electrons. The largest absolute Gasteiger partial charge is 0.454 e. The zero-order valence-corrected chi connectivity index (χ0v) is 9.86. The van der Waals surface area contributed by atoms with Crippen LogP contribution in [0.5, 0.6) is 11.5 Å². The molecule has 2 heterocycles. The lowest BCUT2D eigenvalue weighted by molar-refractivity contribution is 0.174. The van der Waals surface area contributed by atoms with Crippen molar-refractivity contribution < 1.29 is 9.47 Å². The lowest BCUT2D eigenvalue weighted by Crippen LogP contribution is -1.92. The van der Waals surface area contributed by atoms with E-state index in [1.54, 1.807) is 0 Å². The first kappa shape index (κ1) is 10.1. The highest BCUT2D eigenvalue weighted by Gasteiger charge is 2.14. The molecule has 86 valence electrons. The summed E-state index contributed by atoms with van der Waals surface area (Å²) >= 11 is 0. The third kappa shape index (κ3) is 1.73.